The topological polar surface area (TPSA) is 38.1 Å². The lowest BCUT2D eigenvalue weighted by molar-refractivity contribution is -0.132. The van der Waals surface area contributed by atoms with E-state index in [-0.39, 0.29) is 11.8 Å². The van der Waals surface area contributed by atoms with Crippen LogP contribution in [0.15, 0.2) is 42.7 Å². The van der Waals surface area contributed by atoms with Crippen molar-refractivity contribution in [2.75, 3.05) is 7.05 Å². The van der Waals surface area contributed by atoms with Crippen molar-refractivity contribution in [1.29, 1.82) is 0 Å². The highest BCUT2D eigenvalue weighted by Crippen LogP contribution is 2.39. The van der Waals surface area contributed by atoms with Crippen LogP contribution in [0.25, 0.3) is 5.69 Å². The highest BCUT2D eigenvalue weighted by Gasteiger charge is 2.40. The molecule has 0 N–H and O–H groups in total. The predicted octanol–water partition coefficient (Wildman–Crippen LogP) is 2.49. The van der Waals surface area contributed by atoms with Crippen molar-refractivity contribution in [1.82, 2.24) is 14.7 Å². The third kappa shape index (κ3) is 2.59. The molecule has 2 atom stereocenters. The van der Waals surface area contributed by atoms with E-state index in [0.717, 1.165) is 17.7 Å². The molecule has 0 aliphatic heterocycles. The van der Waals surface area contributed by atoms with Gasteiger partial charge >= 0.3 is 0 Å². The molecule has 4 heteroatoms. The molecular weight excluding hydrogens is 250 g/mol. The fraction of sp³-hybridized carbons (Fsp3) is 0.375. The summed E-state index contributed by atoms with van der Waals surface area (Å²) < 4.78 is 1.84. The number of amides is 1. The molecule has 2 aromatic rings. The Morgan fingerprint density at radius 1 is 1.40 bits per heavy atom. The Labute approximate surface area is 119 Å². The predicted molar refractivity (Wildman–Crippen MR) is 77.3 cm³/mol. The minimum absolute atomic E-state index is 0.240. The number of nitrogens with zero attached hydrogens (tertiary/aromatic N) is 3. The van der Waals surface area contributed by atoms with Crippen LogP contribution in [0, 0.1) is 11.8 Å². The second-order valence-corrected chi connectivity index (χ2v) is 5.64. The summed E-state index contributed by atoms with van der Waals surface area (Å²) in [5.41, 5.74) is 2.08. The van der Waals surface area contributed by atoms with Gasteiger partial charge < -0.3 is 4.90 Å². The van der Waals surface area contributed by atoms with Crippen molar-refractivity contribution >= 4 is 5.91 Å². The number of hydrogen-bond acceptors (Lipinski definition) is 2. The number of benzene rings is 1. The minimum atomic E-state index is 0.240. The van der Waals surface area contributed by atoms with Crippen molar-refractivity contribution in [3.05, 3.63) is 48.3 Å². The first kappa shape index (κ1) is 12.9. The van der Waals surface area contributed by atoms with Gasteiger partial charge in [0.2, 0.25) is 5.91 Å². The van der Waals surface area contributed by atoms with Gasteiger partial charge in [0, 0.05) is 31.3 Å². The van der Waals surface area contributed by atoms with Crippen LogP contribution >= 0.6 is 0 Å². The summed E-state index contributed by atoms with van der Waals surface area (Å²) in [4.78, 5) is 13.9. The standard InChI is InChI=1S/C16H19N3O/c1-12-8-15(12)16(20)18(2)10-13-9-17-19(11-13)14-6-4-3-5-7-14/h3-7,9,11-12,15H,8,10H2,1-2H3. The first-order valence-electron chi connectivity index (χ1n) is 6.99. The minimum Gasteiger partial charge on any atom is -0.341 e. The van der Waals surface area contributed by atoms with Crippen molar-refractivity contribution in [2.45, 2.75) is 19.9 Å². The molecule has 4 nitrogen and oxygen atoms in total. The van der Waals surface area contributed by atoms with Crippen LogP contribution in [-0.4, -0.2) is 27.6 Å². The van der Waals surface area contributed by atoms with Crippen LogP contribution in [0.2, 0.25) is 0 Å². The summed E-state index contributed by atoms with van der Waals surface area (Å²) >= 11 is 0. The molecule has 0 saturated heterocycles. The van der Waals surface area contributed by atoms with Gasteiger partial charge in [-0.05, 0) is 24.5 Å². The maximum Gasteiger partial charge on any atom is 0.226 e. The van der Waals surface area contributed by atoms with Crippen LogP contribution in [-0.2, 0) is 11.3 Å². The molecule has 104 valence electrons. The smallest absolute Gasteiger partial charge is 0.226 e. The molecule has 2 unspecified atom stereocenters. The van der Waals surface area contributed by atoms with Crippen molar-refractivity contribution < 1.29 is 4.79 Å². The van der Waals surface area contributed by atoms with Crippen molar-refractivity contribution in [3.8, 4) is 5.69 Å². The zero-order chi connectivity index (χ0) is 14.1. The van der Waals surface area contributed by atoms with Crippen molar-refractivity contribution in [3.63, 3.8) is 0 Å². The average molecular weight is 269 g/mol. The van der Waals surface area contributed by atoms with E-state index in [1.807, 2.05) is 54.5 Å². The number of aromatic nitrogens is 2. The molecule has 0 bridgehead atoms. The number of hydrogen-bond donors (Lipinski definition) is 0. The zero-order valence-corrected chi connectivity index (χ0v) is 11.9. The molecule has 1 heterocycles. The van der Waals surface area contributed by atoms with Gasteiger partial charge in [-0.25, -0.2) is 4.68 Å². The Hall–Kier alpha value is -2.10. The fourth-order valence-electron chi connectivity index (χ4n) is 2.46. The normalized spacial score (nSPS) is 20.7. The molecule has 1 amide bonds. The molecule has 1 saturated carbocycles. The third-order valence-electron chi connectivity index (χ3n) is 3.88. The van der Waals surface area contributed by atoms with E-state index in [1.165, 1.54) is 0 Å². The Bertz CT molecular complexity index is 605. The molecule has 1 fully saturated rings. The number of rotatable bonds is 4. The van der Waals surface area contributed by atoms with E-state index >= 15 is 0 Å². The van der Waals surface area contributed by atoms with Gasteiger partial charge in [-0.15, -0.1) is 0 Å². The summed E-state index contributed by atoms with van der Waals surface area (Å²) in [6.07, 6.45) is 4.84. The SMILES string of the molecule is CC1CC1C(=O)N(C)Cc1cnn(-c2ccccc2)c1. The van der Waals surface area contributed by atoms with Crippen LogP contribution < -0.4 is 0 Å². The molecule has 1 aromatic heterocycles. The number of carbonyl (C=O) groups is 1. The molecule has 1 aliphatic carbocycles. The quantitative estimate of drug-likeness (QED) is 0.855. The second kappa shape index (κ2) is 5.12. The van der Waals surface area contributed by atoms with Gasteiger partial charge in [-0.3, -0.25) is 4.79 Å². The van der Waals surface area contributed by atoms with Crippen LogP contribution in [0.4, 0.5) is 0 Å². The summed E-state index contributed by atoms with van der Waals surface area (Å²) in [5.74, 6) is 1.05. The molecule has 3 rings (SSSR count). The molecule has 1 aliphatic rings. The van der Waals surface area contributed by atoms with Gasteiger partial charge in [0.05, 0.1) is 11.9 Å². The van der Waals surface area contributed by atoms with Gasteiger partial charge in [-0.2, -0.15) is 5.10 Å². The molecule has 20 heavy (non-hydrogen) atoms. The lowest BCUT2D eigenvalue weighted by Gasteiger charge is -2.15. The van der Waals surface area contributed by atoms with Gasteiger partial charge in [0.25, 0.3) is 0 Å². The Balaban J connectivity index is 1.67. The number of carbonyl (C=O) groups excluding carboxylic acids is 1. The van der Waals surface area contributed by atoms with E-state index in [2.05, 4.69) is 12.0 Å². The van der Waals surface area contributed by atoms with Crippen LogP contribution in [0.5, 0.6) is 0 Å². The first-order valence-corrected chi connectivity index (χ1v) is 6.99. The Morgan fingerprint density at radius 3 is 2.75 bits per heavy atom. The van der Waals surface area contributed by atoms with Crippen LogP contribution in [0.1, 0.15) is 18.9 Å². The summed E-state index contributed by atoms with van der Waals surface area (Å²) in [6.45, 7) is 2.75. The van der Waals surface area contributed by atoms with E-state index in [1.54, 1.807) is 4.90 Å². The van der Waals surface area contributed by atoms with Gasteiger partial charge in [0.1, 0.15) is 0 Å². The van der Waals surface area contributed by atoms with Crippen molar-refractivity contribution in [2.24, 2.45) is 11.8 Å². The maximum atomic E-state index is 12.1. The lowest BCUT2D eigenvalue weighted by atomic mass is 10.2. The summed E-state index contributed by atoms with van der Waals surface area (Å²) in [7, 11) is 1.87. The fourth-order valence-corrected chi connectivity index (χ4v) is 2.46. The highest BCUT2D eigenvalue weighted by molar-refractivity contribution is 5.81. The Kier molecular flexibility index (Phi) is 3.30. The third-order valence-corrected chi connectivity index (χ3v) is 3.88. The molecular formula is C16H19N3O. The molecule has 0 radical (unpaired) electrons. The average Bonchev–Trinajstić information content (AvgIpc) is 3.00. The van der Waals surface area contributed by atoms with Gasteiger partial charge in [0.15, 0.2) is 0 Å². The van der Waals surface area contributed by atoms with E-state index in [9.17, 15) is 4.79 Å². The number of para-hydroxylation sites is 1. The molecule has 1 aromatic carbocycles. The highest BCUT2D eigenvalue weighted by atomic mass is 16.2. The van der Waals surface area contributed by atoms with E-state index < -0.39 is 0 Å². The summed E-state index contributed by atoms with van der Waals surface area (Å²) in [5, 5.41) is 4.35. The largest absolute Gasteiger partial charge is 0.341 e. The van der Waals surface area contributed by atoms with E-state index in [0.29, 0.717) is 12.5 Å². The summed E-state index contributed by atoms with van der Waals surface area (Å²) in [6, 6.07) is 9.98. The van der Waals surface area contributed by atoms with Crippen LogP contribution in [0.3, 0.4) is 0 Å². The second-order valence-electron chi connectivity index (χ2n) is 5.64. The zero-order valence-electron chi connectivity index (χ0n) is 11.9. The van der Waals surface area contributed by atoms with E-state index in [4.69, 9.17) is 0 Å². The monoisotopic (exact) mass is 269 g/mol. The lowest BCUT2D eigenvalue weighted by Crippen LogP contribution is -2.27. The Morgan fingerprint density at radius 2 is 2.10 bits per heavy atom. The van der Waals surface area contributed by atoms with Gasteiger partial charge in [-0.1, -0.05) is 25.1 Å². The maximum absolute atomic E-state index is 12.1. The molecule has 0 spiro atoms. The first-order chi connectivity index (χ1) is 9.65.